The Hall–Kier alpha value is -1.57. The van der Waals surface area contributed by atoms with Crippen LogP contribution in [0.5, 0.6) is 0 Å². The van der Waals surface area contributed by atoms with Gasteiger partial charge in [-0.15, -0.1) is 0 Å². The fourth-order valence-corrected chi connectivity index (χ4v) is 1.99. The average Bonchev–Trinajstić information content (AvgIpc) is 2.34. The zero-order valence-corrected chi connectivity index (χ0v) is 11.5. The van der Waals surface area contributed by atoms with Crippen molar-refractivity contribution in [1.29, 1.82) is 0 Å². The van der Waals surface area contributed by atoms with Crippen LogP contribution in [0.15, 0.2) is 24.8 Å². The molecule has 1 aromatic carbocycles. The Labute approximate surface area is 109 Å². The van der Waals surface area contributed by atoms with Crippen molar-refractivity contribution >= 4 is 11.5 Å². The van der Waals surface area contributed by atoms with Gasteiger partial charge in [0.1, 0.15) is 0 Å². The molecule has 0 fully saturated rings. The molecule has 0 aliphatic rings. The third-order valence-electron chi connectivity index (χ3n) is 3.14. The van der Waals surface area contributed by atoms with Crippen LogP contribution >= 0.6 is 0 Å². The number of carbonyl (C=O) groups is 1. The van der Waals surface area contributed by atoms with Gasteiger partial charge < -0.3 is 5.11 Å². The van der Waals surface area contributed by atoms with Crippen LogP contribution in [0.1, 0.15) is 67.4 Å². The summed E-state index contributed by atoms with van der Waals surface area (Å²) in [6, 6.07) is 5.55. The summed E-state index contributed by atoms with van der Waals surface area (Å²) in [6.07, 6.45) is 3.24. The summed E-state index contributed by atoms with van der Waals surface area (Å²) >= 11 is 0. The summed E-state index contributed by atoms with van der Waals surface area (Å²) in [5, 5.41) is 9.16. The minimum Gasteiger partial charge on any atom is -0.478 e. The predicted molar refractivity (Wildman–Crippen MR) is 76.0 cm³/mol. The Morgan fingerprint density at radius 3 is 2.56 bits per heavy atom. The molecule has 0 saturated heterocycles. The highest BCUT2D eigenvalue weighted by atomic mass is 16.4. The van der Waals surface area contributed by atoms with Crippen molar-refractivity contribution in [2.45, 2.75) is 46.0 Å². The molecule has 0 radical (unpaired) electrons. The summed E-state index contributed by atoms with van der Waals surface area (Å²) in [5.41, 5.74) is 3.45. The first-order valence-corrected chi connectivity index (χ1v) is 6.52. The molecule has 0 heterocycles. The maximum Gasteiger partial charge on any atom is 0.335 e. The van der Waals surface area contributed by atoms with Crippen molar-refractivity contribution in [2.75, 3.05) is 0 Å². The molecule has 0 saturated carbocycles. The van der Waals surface area contributed by atoms with Gasteiger partial charge in [-0.25, -0.2) is 4.79 Å². The van der Waals surface area contributed by atoms with Crippen LogP contribution in [0.3, 0.4) is 0 Å². The van der Waals surface area contributed by atoms with Crippen LogP contribution in [-0.2, 0) is 0 Å². The van der Waals surface area contributed by atoms with E-state index >= 15 is 0 Å². The second-order valence-electron chi connectivity index (χ2n) is 4.97. The molecule has 1 N–H and O–H groups in total. The smallest absolute Gasteiger partial charge is 0.335 e. The third kappa shape index (κ3) is 3.46. The Morgan fingerprint density at radius 2 is 2.06 bits per heavy atom. The Kier molecular flexibility index (Phi) is 5.14. The molecule has 1 rings (SSSR count). The lowest BCUT2D eigenvalue weighted by Crippen LogP contribution is -2.04. The molecule has 0 amide bonds. The van der Waals surface area contributed by atoms with Gasteiger partial charge in [-0.2, -0.15) is 0 Å². The van der Waals surface area contributed by atoms with Gasteiger partial charge in [-0.05, 0) is 41.5 Å². The standard InChI is InChI=1S/C16H22O2/c1-5-6-7-12(4)13-8-9-14(16(17)18)15(10-13)11(2)3/h8-11H,4-7H2,1-3H3,(H,17,18). The van der Waals surface area contributed by atoms with Crippen LogP contribution in [0, 0.1) is 0 Å². The fourth-order valence-electron chi connectivity index (χ4n) is 1.99. The van der Waals surface area contributed by atoms with Gasteiger partial charge in [-0.3, -0.25) is 0 Å². The number of carboxylic acid groups (broad SMARTS) is 1. The van der Waals surface area contributed by atoms with E-state index in [1.165, 1.54) is 0 Å². The quantitative estimate of drug-likeness (QED) is 0.789. The van der Waals surface area contributed by atoms with E-state index in [1.54, 1.807) is 6.07 Å². The van der Waals surface area contributed by atoms with Crippen molar-refractivity contribution in [1.82, 2.24) is 0 Å². The number of hydrogen-bond acceptors (Lipinski definition) is 1. The summed E-state index contributed by atoms with van der Waals surface area (Å²) in [6.45, 7) is 10.3. The van der Waals surface area contributed by atoms with Crippen molar-refractivity contribution in [3.05, 3.63) is 41.5 Å². The van der Waals surface area contributed by atoms with Crippen LogP contribution in [0.2, 0.25) is 0 Å². The molecule has 0 aromatic heterocycles. The molecule has 98 valence electrons. The van der Waals surface area contributed by atoms with Gasteiger partial charge in [0.15, 0.2) is 0 Å². The van der Waals surface area contributed by atoms with E-state index in [9.17, 15) is 4.79 Å². The number of hydrogen-bond donors (Lipinski definition) is 1. The van der Waals surface area contributed by atoms with Crippen molar-refractivity contribution in [2.24, 2.45) is 0 Å². The van der Waals surface area contributed by atoms with E-state index in [-0.39, 0.29) is 5.92 Å². The van der Waals surface area contributed by atoms with Crippen LogP contribution in [0.25, 0.3) is 5.57 Å². The number of unbranched alkanes of at least 4 members (excludes halogenated alkanes) is 1. The highest BCUT2D eigenvalue weighted by molar-refractivity contribution is 5.90. The lowest BCUT2D eigenvalue weighted by molar-refractivity contribution is 0.0695. The summed E-state index contributed by atoms with van der Waals surface area (Å²) in [7, 11) is 0. The number of allylic oxidation sites excluding steroid dienone is 1. The molecular formula is C16H22O2. The molecule has 0 aliphatic carbocycles. The first-order chi connectivity index (χ1) is 8.47. The van der Waals surface area contributed by atoms with E-state index < -0.39 is 5.97 Å². The van der Waals surface area contributed by atoms with Crippen LogP contribution in [0.4, 0.5) is 0 Å². The zero-order valence-electron chi connectivity index (χ0n) is 11.5. The molecule has 1 aromatic rings. The van der Waals surface area contributed by atoms with Crippen molar-refractivity contribution < 1.29 is 9.90 Å². The summed E-state index contributed by atoms with van der Waals surface area (Å²) < 4.78 is 0. The van der Waals surface area contributed by atoms with Gasteiger partial charge in [0.05, 0.1) is 5.56 Å². The maximum absolute atomic E-state index is 11.2. The lowest BCUT2D eigenvalue weighted by atomic mass is 9.92. The number of carboxylic acids is 1. The van der Waals surface area contributed by atoms with Crippen LogP contribution < -0.4 is 0 Å². The number of benzene rings is 1. The predicted octanol–water partition coefficient (Wildman–Crippen LogP) is 4.71. The molecule has 2 nitrogen and oxygen atoms in total. The molecule has 2 heteroatoms. The Bertz CT molecular complexity index is 444. The second kappa shape index (κ2) is 6.39. The van der Waals surface area contributed by atoms with E-state index in [0.717, 1.165) is 36.0 Å². The fraction of sp³-hybridized carbons (Fsp3) is 0.438. The highest BCUT2D eigenvalue weighted by Crippen LogP contribution is 2.26. The first-order valence-electron chi connectivity index (χ1n) is 6.52. The van der Waals surface area contributed by atoms with Crippen molar-refractivity contribution in [3.8, 4) is 0 Å². The molecule has 18 heavy (non-hydrogen) atoms. The Morgan fingerprint density at radius 1 is 1.39 bits per heavy atom. The molecule has 0 unspecified atom stereocenters. The molecule has 0 atom stereocenters. The van der Waals surface area contributed by atoms with Gasteiger partial charge >= 0.3 is 5.97 Å². The van der Waals surface area contributed by atoms with E-state index in [2.05, 4.69) is 13.5 Å². The minimum atomic E-state index is -0.857. The van der Waals surface area contributed by atoms with Gasteiger partial charge in [-0.1, -0.05) is 45.9 Å². The summed E-state index contributed by atoms with van der Waals surface area (Å²) in [5.74, 6) is -0.653. The van der Waals surface area contributed by atoms with Gasteiger partial charge in [0, 0.05) is 0 Å². The highest BCUT2D eigenvalue weighted by Gasteiger charge is 2.14. The maximum atomic E-state index is 11.2. The van der Waals surface area contributed by atoms with E-state index in [4.69, 9.17) is 5.11 Å². The average molecular weight is 246 g/mol. The monoisotopic (exact) mass is 246 g/mol. The Balaban J connectivity index is 3.07. The normalized spacial score (nSPS) is 10.7. The SMILES string of the molecule is C=C(CCCC)c1ccc(C(=O)O)c(C(C)C)c1. The number of aromatic carboxylic acids is 1. The van der Waals surface area contributed by atoms with E-state index in [0.29, 0.717) is 5.56 Å². The van der Waals surface area contributed by atoms with E-state index in [1.807, 2.05) is 26.0 Å². The lowest BCUT2D eigenvalue weighted by Gasteiger charge is -2.13. The number of rotatable bonds is 6. The minimum absolute atomic E-state index is 0.204. The zero-order chi connectivity index (χ0) is 13.7. The molecule has 0 aliphatic heterocycles. The van der Waals surface area contributed by atoms with Crippen molar-refractivity contribution in [3.63, 3.8) is 0 Å². The van der Waals surface area contributed by atoms with Gasteiger partial charge in [0.25, 0.3) is 0 Å². The summed E-state index contributed by atoms with van der Waals surface area (Å²) in [4.78, 5) is 11.2. The largest absolute Gasteiger partial charge is 0.478 e. The molecular weight excluding hydrogens is 224 g/mol. The third-order valence-corrected chi connectivity index (χ3v) is 3.14. The molecule has 0 bridgehead atoms. The first kappa shape index (κ1) is 14.5. The van der Waals surface area contributed by atoms with Gasteiger partial charge in [0.2, 0.25) is 0 Å². The van der Waals surface area contributed by atoms with Crippen LogP contribution in [-0.4, -0.2) is 11.1 Å². The second-order valence-corrected chi connectivity index (χ2v) is 4.97. The topological polar surface area (TPSA) is 37.3 Å². The molecule has 0 spiro atoms.